The first-order valence-electron chi connectivity index (χ1n) is 11.0. The maximum atomic E-state index is 13.5. The Balaban J connectivity index is 1.53. The molecule has 1 fully saturated rings. The normalized spacial score (nSPS) is 15.4. The number of aromatic amines is 1. The van der Waals surface area contributed by atoms with Crippen LogP contribution in [0.2, 0.25) is 0 Å². The van der Waals surface area contributed by atoms with Crippen molar-refractivity contribution in [2.45, 2.75) is 57.7 Å². The summed E-state index contributed by atoms with van der Waals surface area (Å²) < 4.78 is 0. The molecule has 1 aromatic carbocycles. The highest BCUT2D eigenvalue weighted by molar-refractivity contribution is 7.09. The molecule has 2 heterocycles. The molecule has 31 heavy (non-hydrogen) atoms. The molecule has 1 atom stereocenters. The van der Waals surface area contributed by atoms with Crippen LogP contribution in [0.25, 0.3) is 11.3 Å². The van der Waals surface area contributed by atoms with Crippen LogP contribution in [-0.4, -0.2) is 33.8 Å². The number of carbonyl (C=O) groups excluding carboxylic acids is 2. The Hall–Kier alpha value is -2.86. The Morgan fingerprint density at radius 1 is 1.06 bits per heavy atom. The van der Waals surface area contributed by atoms with E-state index in [1.165, 1.54) is 6.42 Å². The van der Waals surface area contributed by atoms with Gasteiger partial charge in [0, 0.05) is 16.6 Å². The average Bonchev–Trinajstić information content (AvgIpc) is 3.50. The molecule has 162 valence electrons. The van der Waals surface area contributed by atoms with Crippen LogP contribution in [0.3, 0.4) is 0 Å². The van der Waals surface area contributed by atoms with E-state index in [4.69, 9.17) is 0 Å². The number of H-pyrrole nitrogens is 1. The van der Waals surface area contributed by atoms with Gasteiger partial charge in [-0.2, -0.15) is 0 Å². The molecule has 3 aromatic rings. The quantitative estimate of drug-likeness (QED) is 0.534. The van der Waals surface area contributed by atoms with Gasteiger partial charge in [0.2, 0.25) is 5.91 Å². The first-order valence-corrected chi connectivity index (χ1v) is 11.9. The van der Waals surface area contributed by atoms with E-state index >= 15 is 0 Å². The summed E-state index contributed by atoms with van der Waals surface area (Å²) in [4.78, 5) is 32.5. The van der Waals surface area contributed by atoms with Crippen molar-refractivity contribution >= 4 is 23.2 Å². The molecule has 1 unspecified atom stereocenters. The van der Waals surface area contributed by atoms with Gasteiger partial charge in [0.1, 0.15) is 11.7 Å². The second kappa shape index (κ2) is 9.96. The first kappa shape index (κ1) is 21.4. The molecule has 0 radical (unpaired) electrons. The van der Waals surface area contributed by atoms with Crippen molar-refractivity contribution in [3.8, 4) is 11.3 Å². The topological polar surface area (TPSA) is 65.2 Å². The van der Waals surface area contributed by atoms with E-state index < -0.39 is 6.04 Å². The lowest BCUT2D eigenvalue weighted by atomic mass is 9.95. The molecule has 6 heteroatoms. The van der Waals surface area contributed by atoms with E-state index in [-0.39, 0.29) is 17.9 Å². The van der Waals surface area contributed by atoms with Crippen molar-refractivity contribution < 1.29 is 9.59 Å². The molecular weight excluding hydrogens is 406 g/mol. The maximum absolute atomic E-state index is 13.5. The second-order valence-corrected chi connectivity index (χ2v) is 9.22. The number of hydrogen-bond donors (Lipinski definition) is 2. The summed E-state index contributed by atoms with van der Waals surface area (Å²) in [5.74, 6) is -0.242. The Morgan fingerprint density at radius 3 is 2.55 bits per heavy atom. The van der Waals surface area contributed by atoms with Crippen molar-refractivity contribution in [3.05, 3.63) is 70.5 Å². The number of carbonyl (C=O) groups is 2. The third-order valence-electron chi connectivity index (χ3n) is 5.97. The van der Waals surface area contributed by atoms with Gasteiger partial charge in [-0.15, -0.1) is 11.3 Å². The molecule has 2 aromatic heterocycles. The molecule has 0 aliphatic heterocycles. The van der Waals surface area contributed by atoms with Gasteiger partial charge in [-0.05, 0) is 48.9 Å². The zero-order valence-corrected chi connectivity index (χ0v) is 18.7. The van der Waals surface area contributed by atoms with Gasteiger partial charge in [0.05, 0.1) is 6.54 Å². The van der Waals surface area contributed by atoms with Crippen LogP contribution in [0.5, 0.6) is 0 Å². The molecule has 0 bridgehead atoms. The van der Waals surface area contributed by atoms with Gasteiger partial charge in [-0.1, -0.05) is 55.7 Å². The van der Waals surface area contributed by atoms with E-state index in [0.29, 0.717) is 12.2 Å². The summed E-state index contributed by atoms with van der Waals surface area (Å²) in [5.41, 5.74) is 2.40. The summed E-state index contributed by atoms with van der Waals surface area (Å²) in [6.45, 7) is 2.24. The van der Waals surface area contributed by atoms with Crippen LogP contribution >= 0.6 is 11.3 Å². The predicted octanol–water partition coefficient (Wildman–Crippen LogP) is 5.22. The lowest BCUT2D eigenvalue weighted by Gasteiger charge is -2.30. The number of amides is 2. The van der Waals surface area contributed by atoms with Crippen molar-refractivity contribution in [2.24, 2.45) is 0 Å². The van der Waals surface area contributed by atoms with E-state index in [0.717, 1.165) is 41.8 Å². The van der Waals surface area contributed by atoms with Crippen molar-refractivity contribution in [1.29, 1.82) is 0 Å². The molecule has 5 nitrogen and oxygen atoms in total. The fraction of sp³-hybridized carbons (Fsp3) is 0.360. The van der Waals surface area contributed by atoms with E-state index in [1.54, 1.807) is 22.3 Å². The third-order valence-corrected chi connectivity index (χ3v) is 6.83. The fourth-order valence-electron chi connectivity index (χ4n) is 4.13. The molecule has 4 rings (SSSR count). The highest BCUT2D eigenvalue weighted by atomic mass is 32.1. The summed E-state index contributed by atoms with van der Waals surface area (Å²) in [6, 6.07) is 17.3. The monoisotopic (exact) mass is 435 g/mol. The molecule has 1 saturated carbocycles. The van der Waals surface area contributed by atoms with Crippen LogP contribution in [0, 0.1) is 0 Å². The summed E-state index contributed by atoms with van der Waals surface area (Å²) >= 11 is 1.59. The minimum absolute atomic E-state index is 0.0772. The second-order valence-electron chi connectivity index (χ2n) is 8.18. The van der Waals surface area contributed by atoms with Gasteiger partial charge < -0.3 is 15.2 Å². The van der Waals surface area contributed by atoms with Crippen LogP contribution in [-0.2, 0) is 11.3 Å². The van der Waals surface area contributed by atoms with Gasteiger partial charge in [0.25, 0.3) is 5.91 Å². The minimum atomic E-state index is -0.556. The minimum Gasteiger partial charge on any atom is -0.352 e. The Kier molecular flexibility index (Phi) is 6.87. The molecule has 0 spiro atoms. The van der Waals surface area contributed by atoms with Crippen molar-refractivity contribution in [1.82, 2.24) is 15.2 Å². The first-order chi connectivity index (χ1) is 15.1. The molecule has 0 saturated heterocycles. The summed E-state index contributed by atoms with van der Waals surface area (Å²) in [5, 5.41) is 5.17. The zero-order chi connectivity index (χ0) is 21.6. The largest absolute Gasteiger partial charge is 0.352 e. The molecule has 2 amide bonds. The standard InChI is InChI=1S/C25H29N3O2S/c1-18(24(29)26-20-11-6-3-7-12-20)28(17-21-13-8-16-31-21)25(30)23-15-14-22(27-23)19-9-4-2-5-10-19/h2,4-5,8-10,13-16,18,20,27H,3,6-7,11-12,17H2,1H3,(H,26,29). The smallest absolute Gasteiger partial charge is 0.271 e. The molecular formula is C25H29N3O2S. The Labute approximate surface area is 187 Å². The van der Waals surface area contributed by atoms with Crippen LogP contribution in [0.1, 0.15) is 54.4 Å². The van der Waals surface area contributed by atoms with Crippen LogP contribution in [0.15, 0.2) is 60.0 Å². The number of aromatic nitrogens is 1. The third kappa shape index (κ3) is 5.25. The SMILES string of the molecule is CC(C(=O)NC1CCCCC1)N(Cc1cccs1)C(=O)c1ccc(-c2ccccc2)[nH]1. The number of nitrogens with zero attached hydrogens (tertiary/aromatic N) is 1. The van der Waals surface area contributed by atoms with Gasteiger partial charge in [-0.3, -0.25) is 9.59 Å². The Bertz CT molecular complexity index is 991. The zero-order valence-electron chi connectivity index (χ0n) is 17.8. The molecule has 2 N–H and O–H groups in total. The van der Waals surface area contributed by atoms with Gasteiger partial charge in [-0.25, -0.2) is 0 Å². The number of benzene rings is 1. The number of hydrogen-bond acceptors (Lipinski definition) is 3. The summed E-state index contributed by atoms with van der Waals surface area (Å²) in [7, 11) is 0. The average molecular weight is 436 g/mol. The molecule has 1 aliphatic carbocycles. The maximum Gasteiger partial charge on any atom is 0.271 e. The van der Waals surface area contributed by atoms with Gasteiger partial charge >= 0.3 is 0 Å². The van der Waals surface area contributed by atoms with E-state index in [9.17, 15) is 9.59 Å². The van der Waals surface area contributed by atoms with E-state index in [2.05, 4.69) is 10.3 Å². The summed E-state index contributed by atoms with van der Waals surface area (Å²) in [6.07, 6.45) is 5.59. The van der Waals surface area contributed by atoms with Crippen LogP contribution in [0.4, 0.5) is 0 Å². The number of rotatable bonds is 7. The van der Waals surface area contributed by atoms with Gasteiger partial charge in [0.15, 0.2) is 0 Å². The number of nitrogens with one attached hydrogen (secondary N) is 2. The molecule has 1 aliphatic rings. The van der Waals surface area contributed by atoms with Crippen LogP contribution < -0.4 is 5.32 Å². The van der Waals surface area contributed by atoms with Crippen molar-refractivity contribution in [2.75, 3.05) is 0 Å². The lowest BCUT2D eigenvalue weighted by molar-refractivity contribution is -0.126. The lowest BCUT2D eigenvalue weighted by Crippen LogP contribution is -2.50. The Morgan fingerprint density at radius 2 is 1.84 bits per heavy atom. The van der Waals surface area contributed by atoms with Crippen molar-refractivity contribution in [3.63, 3.8) is 0 Å². The highest BCUT2D eigenvalue weighted by Gasteiger charge is 2.29. The highest BCUT2D eigenvalue weighted by Crippen LogP contribution is 2.22. The number of thiophene rings is 1. The predicted molar refractivity (Wildman–Crippen MR) is 125 cm³/mol. The van der Waals surface area contributed by atoms with E-state index in [1.807, 2.05) is 60.8 Å². The fourth-order valence-corrected chi connectivity index (χ4v) is 4.83.